The molecule has 0 amide bonds. The molecule has 0 atom stereocenters. The molecule has 5 heteroatoms. The van der Waals surface area contributed by atoms with Gasteiger partial charge in [-0.1, -0.05) is 75.8 Å². The minimum absolute atomic E-state index is 0.462. The maximum absolute atomic E-state index is 8.68. The average Bonchev–Trinajstić information content (AvgIpc) is 2.53. The number of thiocarbonyl (C=S) groups is 1. The maximum Gasteiger partial charge on any atom is 0.136 e. The van der Waals surface area contributed by atoms with Crippen LogP contribution < -0.4 is 0 Å². The molecule has 0 aliphatic carbocycles. The molecular formula is C17H29N3S2. The summed E-state index contributed by atoms with van der Waals surface area (Å²) in [6.07, 6.45) is 11.5. The van der Waals surface area contributed by atoms with Crippen molar-refractivity contribution in [1.29, 1.82) is 10.5 Å². The first-order valence-corrected chi connectivity index (χ1v) is 9.81. The van der Waals surface area contributed by atoms with Crippen LogP contribution in [-0.4, -0.2) is 28.1 Å². The molecule has 0 bridgehead atoms. The zero-order valence-electron chi connectivity index (χ0n) is 13.9. The summed E-state index contributed by atoms with van der Waals surface area (Å²) in [6.45, 7) is 3.53. The lowest BCUT2D eigenvalue weighted by Gasteiger charge is -2.22. The van der Waals surface area contributed by atoms with Gasteiger partial charge in [0.25, 0.3) is 0 Å². The van der Waals surface area contributed by atoms with Gasteiger partial charge in [0.15, 0.2) is 0 Å². The van der Waals surface area contributed by atoms with Gasteiger partial charge in [-0.15, -0.1) is 0 Å². The molecule has 0 fully saturated rings. The second kappa shape index (κ2) is 16.6. The van der Waals surface area contributed by atoms with Gasteiger partial charge in [-0.25, -0.2) is 0 Å². The molecule has 0 heterocycles. The Morgan fingerprint density at radius 1 is 0.909 bits per heavy atom. The van der Waals surface area contributed by atoms with E-state index in [9.17, 15) is 0 Å². The Balaban J connectivity index is 3.67. The third-order valence-electron chi connectivity index (χ3n) is 3.47. The Morgan fingerprint density at radius 3 is 1.91 bits per heavy atom. The fraction of sp³-hybridized carbons (Fsp3) is 0.824. The average molecular weight is 340 g/mol. The number of unbranched alkanes of at least 4 members (excludes halogenated alkanes) is 7. The Morgan fingerprint density at radius 2 is 1.41 bits per heavy atom. The topological polar surface area (TPSA) is 50.8 Å². The lowest BCUT2D eigenvalue weighted by atomic mass is 10.1. The summed E-state index contributed by atoms with van der Waals surface area (Å²) >= 11 is 7.12. The Labute approximate surface area is 146 Å². The van der Waals surface area contributed by atoms with Crippen molar-refractivity contribution >= 4 is 28.3 Å². The molecule has 0 unspecified atom stereocenters. The molecule has 0 aromatic heterocycles. The van der Waals surface area contributed by atoms with Gasteiger partial charge >= 0.3 is 0 Å². The maximum atomic E-state index is 8.68. The first kappa shape index (κ1) is 21.2. The van der Waals surface area contributed by atoms with E-state index in [1.807, 2.05) is 4.90 Å². The molecule has 3 nitrogen and oxygen atoms in total. The van der Waals surface area contributed by atoms with Crippen molar-refractivity contribution < 1.29 is 0 Å². The van der Waals surface area contributed by atoms with Gasteiger partial charge < -0.3 is 4.90 Å². The van der Waals surface area contributed by atoms with Crippen LogP contribution >= 0.6 is 24.0 Å². The fourth-order valence-corrected chi connectivity index (χ4v) is 3.47. The molecule has 0 aliphatic rings. The van der Waals surface area contributed by atoms with Crippen molar-refractivity contribution in [2.24, 2.45) is 0 Å². The zero-order valence-corrected chi connectivity index (χ0v) is 15.5. The first-order valence-electron chi connectivity index (χ1n) is 8.41. The quantitative estimate of drug-likeness (QED) is 0.338. The zero-order chi connectivity index (χ0) is 16.5. The normalized spacial score (nSPS) is 9.95. The molecular weight excluding hydrogens is 310 g/mol. The second-order valence-corrected chi connectivity index (χ2v) is 7.12. The van der Waals surface area contributed by atoms with E-state index < -0.39 is 0 Å². The molecule has 0 aliphatic heterocycles. The van der Waals surface area contributed by atoms with Crippen LogP contribution in [0, 0.1) is 22.7 Å². The summed E-state index contributed by atoms with van der Waals surface area (Å²) in [5, 5.41) is 17.4. The van der Waals surface area contributed by atoms with E-state index in [0.717, 1.165) is 10.1 Å². The van der Waals surface area contributed by atoms with Crippen LogP contribution in [0.5, 0.6) is 0 Å². The van der Waals surface area contributed by atoms with E-state index in [2.05, 4.69) is 19.1 Å². The fourth-order valence-electron chi connectivity index (χ4n) is 2.15. The highest BCUT2D eigenvalue weighted by molar-refractivity contribution is 8.22. The predicted octanol–water partition coefficient (Wildman–Crippen LogP) is 5.27. The van der Waals surface area contributed by atoms with Crippen LogP contribution in [0.4, 0.5) is 0 Å². The molecule has 0 rings (SSSR count). The highest BCUT2D eigenvalue weighted by Crippen LogP contribution is 2.15. The Hall–Kier alpha value is -0.780. The molecule has 0 spiro atoms. The molecule has 0 saturated carbocycles. The van der Waals surface area contributed by atoms with Gasteiger partial charge in [0.2, 0.25) is 0 Å². The molecule has 0 saturated heterocycles. The van der Waals surface area contributed by atoms with Crippen LogP contribution in [0.2, 0.25) is 0 Å². The molecule has 124 valence electrons. The van der Waals surface area contributed by atoms with E-state index in [-0.39, 0.29) is 0 Å². The lowest BCUT2D eigenvalue weighted by Crippen LogP contribution is -2.29. The smallest absolute Gasteiger partial charge is 0.136 e. The van der Waals surface area contributed by atoms with E-state index in [1.54, 1.807) is 11.8 Å². The van der Waals surface area contributed by atoms with Crippen molar-refractivity contribution in [2.45, 2.75) is 71.1 Å². The summed E-state index contributed by atoms with van der Waals surface area (Å²) in [6, 6.07) is 4.28. The van der Waals surface area contributed by atoms with Crippen LogP contribution in [0.1, 0.15) is 71.1 Å². The number of hydrogen-bond donors (Lipinski definition) is 0. The van der Waals surface area contributed by atoms with Crippen molar-refractivity contribution in [3.8, 4) is 12.1 Å². The Kier molecular flexibility index (Phi) is 16.0. The van der Waals surface area contributed by atoms with E-state index >= 15 is 0 Å². The number of nitriles is 2. The molecule has 0 aromatic rings. The van der Waals surface area contributed by atoms with Gasteiger partial charge in [0.1, 0.15) is 4.32 Å². The van der Waals surface area contributed by atoms with Gasteiger partial charge in [0.05, 0.1) is 25.0 Å². The summed E-state index contributed by atoms with van der Waals surface area (Å²) in [5.74, 6) is 1.05. The minimum atomic E-state index is 0.462. The van der Waals surface area contributed by atoms with Crippen LogP contribution in [-0.2, 0) is 0 Å². The van der Waals surface area contributed by atoms with Crippen molar-refractivity contribution in [3.05, 3.63) is 0 Å². The molecule has 0 N–H and O–H groups in total. The van der Waals surface area contributed by atoms with E-state index in [4.69, 9.17) is 22.7 Å². The van der Waals surface area contributed by atoms with Gasteiger partial charge in [-0.3, -0.25) is 0 Å². The van der Waals surface area contributed by atoms with Crippen LogP contribution in [0.15, 0.2) is 0 Å². The van der Waals surface area contributed by atoms with E-state index in [1.165, 1.54) is 51.4 Å². The molecule has 22 heavy (non-hydrogen) atoms. The van der Waals surface area contributed by atoms with Gasteiger partial charge in [0, 0.05) is 18.8 Å². The molecule has 0 aromatic carbocycles. The van der Waals surface area contributed by atoms with Gasteiger partial charge in [-0.2, -0.15) is 10.5 Å². The number of thioether (sulfide) groups is 1. The second-order valence-electron chi connectivity index (χ2n) is 5.39. The number of hydrogen-bond acceptors (Lipinski definition) is 4. The summed E-state index contributed by atoms with van der Waals surface area (Å²) < 4.78 is 0.841. The van der Waals surface area contributed by atoms with Gasteiger partial charge in [-0.05, 0) is 6.42 Å². The van der Waals surface area contributed by atoms with Crippen LogP contribution in [0.3, 0.4) is 0 Å². The minimum Gasteiger partial charge on any atom is -0.355 e. The highest BCUT2D eigenvalue weighted by atomic mass is 32.2. The third-order valence-corrected chi connectivity index (χ3v) is 5.08. The monoisotopic (exact) mass is 339 g/mol. The summed E-state index contributed by atoms with van der Waals surface area (Å²) in [5.41, 5.74) is 0. The highest BCUT2D eigenvalue weighted by Gasteiger charge is 2.09. The summed E-state index contributed by atoms with van der Waals surface area (Å²) in [4.78, 5) is 2.00. The van der Waals surface area contributed by atoms with E-state index in [0.29, 0.717) is 25.9 Å². The standard InChI is InChI=1S/C17H29N3S2/c1-2-3-4-5-6-7-8-9-16-22-17(21)20(14-10-12-18)15-11-13-19/h2-11,14-16H2,1H3. The first-order chi connectivity index (χ1) is 10.8. The number of rotatable bonds is 13. The third kappa shape index (κ3) is 12.9. The summed E-state index contributed by atoms with van der Waals surface area (Å²) in [7, 11) is 0. The SMILES string of the molecule is CCCCCCCCCCSC(=S)N(CCC#N)CCC#N. The number of nitrogens with zero attached hydrogens (tertiary/aromatic N) is 3. The largest absolute Gasteiger partial charge is 0.355 e. The van der Waals surface area contributed by atoms with Crippen molar-refractivity contribution in [2.75, 3.05) is 18.8 Å². The van der Waals surface area contributed by atoms with Crippen molar-refractivity contribution in [3.63, 3.8) is 0 Å². The van der Waals surface area contributed by atoms with Crippen LogP contribution in [0.25, 0.3) is 0 Å². The lowest BCUT2D eigenvalue weighted by molar-refractivity contribution is 0.451. The van der Waals surface area contributed by atoms with Crippen molar-refractivity contribution in [1.82, 2.24) is 4.90 Å². The Bertz CT molecular complexity index is 340. The molecule has 0 radical (unpaired) electrons. The predicted molar refractivity (Wildman–Crippen MR) is 99.7 cm³/mol.